The van der Waals surface area contributed by atoms with Gasteiger partial charge in [0.2, 0.25) is 0 Å². The Bertz CT molecular complexity index is 373. The van der Waals surface area contributed by atoms with Crippen LogP contribution in [-0.4, -0.2) is 43.4 Å². The highest BCUT2D eigenvalue weighted by Crippen LogP contribution is 2.22. The van der Waals surface area contributed by atoms with Gasteiger partial charge in [-0.3, -0.25) is 4.90 Å². The SMILES string of the molecule is COc1ccc(CO)cc1CN1CCCOCC1. The number of rotatable bonds is 4. The minimum atomic E-state index is 0.0695. The summed E-state index contributed by atoms with van der Waals surface area (Å²) in [7, 11) is 1.68. The third-order valence-corrected chi connectivity index (χ3v) is 3.24. The quantitative estimate of drug-likeness (QED) is 0.878. The predicted octanol–water partition coefficient (Wildman–Crippen LogP) is 1.41. The smallest absolute Gasteiger partial charge is 0.123 e. The van der Waals surface area contributed by atoms with Gasteiger partial charge in [0.1, 0.15) is 5.75 Å². The van der Waals surface area contributed by atoms with Crippen molar-refractivity contribution < 1.29 is 14.6 Å². The lowest BCUT2D eigenvalue weighted by atomic mass is 10.1. The molecule has 4 nitrogen and oxygen atoms in total. The average molecular weight is 251 g/mol. The number of hydrogen-bond donors (Lipinski definition) is 1. The molecule has 1 N–H and O–H groups in total. The Labute approximate surface area is 108 Å². The van der Waals surface area contributed by atoms with Crippen LogP contribution < -0.4 is 4.74 Å². The van der Waals surface area contributed by atoms with Gasteiger partial charge in [-0.1, -0.05) is 6.07 Å². The van der Waals surface area contributed by atoms with Gasteiger partial charge in [-0.2, -0.15) is 0 Å². The normalized spacial score (nSPS) is 17.4. The first kappa shape index (κ1) is 13.3. The summed E-state index contributed by atoms with van der Waals surface area (Å²) in [5.41, 5.74) is 2.06. The van der Waals surface area contributed by atoms with Crippen LogP contribution in [0, 0.1) is 0 Å². The van der Waals surface area contributed by atoms with E-state index >= 15 is 0 Å². The van der Waals surface area contributed by atoms with Gasteiger partial charge in [0.25, 0.3) is 0 Å². The standard InChI is InChI=1S/C14H21NO3/c1-17-14-4-3-12(11-16)9-13(14)10-15-5-2-7-18-8-6-15/h3-4,9,16H,2,5-8,10-11H2,1H3. The van der Waals surface area contributed by atoms with Gasteiger partial charge >= 0.3 is 0 Å². The van der Waals surface area contributed by atoms with Crippen LogP contribution in [0.5, 0.6) is 5.75 Å². The Morgan fingerprint density at radius 1 is 1.33 bits per heavy atom. The Balaban J connectivity index is 2.10. The minimum Gasteiger partial charge on any atom is -0.496 e. The molecular weight excluding hydrogens is 230 g/mol. The highest BCUT2D eigenvalue weighted by Gasteiger charge is 2.12. The van der Waals surface area contributed by atoms with E-state index in [0.717, 1.165) is 56.1 Å². The molecule has 1 saturated heterocycles. The van der Waals surface area contributed by atoms with Crippen molar-refractivity contribution in [3.8, 4) is 5.75 Å². The van der Waals surface area contributed by atoms with Crippen LogP contribution in [0.2, 0.25) is 0 Å². The summed E-state index contributed by atoms with van der Waals surface area (Å²) in [6, 6.07) is 5.84. The fourth-order valence-corrected chi connectivity index (χ4v) is 2.25. The molecule has 0 spiro atoms. The van der Waals surface area contributed by atoms with E-state index in [9.17, 15) is 5.11 Å². The Morgan fingerprint density at radius 2 is 2.22 bits per heavy atom. The molecule has 0 unspecified atom stereocenters. The fourth-order valence-electron chi connectivity index (χ4n) is 2.25. The van der Waals surface area contributed by atoms with Gasteiger partial charge in [0, 0.05) is 31.8 Å². The molecule has 0 aromatic heterocycles. The molecule has 1 fully saturated rings. The van der Waals surface area contributed by atoms with Gasteiger partial charge in [-0.15, -0.1) is 0 Å². The second-order valence-corrected chi connectivity index (χ2v) is 4.55. The molecule has 18 heavy (non-hydrogen) atoms. The number of methoxy groups -OCH3 is 1. The number of aliphatic hydroxyl groups excluding tert-OH is 1. The Hall–Kier alpha value is -1.10. The van der Waals surface area contributed by atoms with Crippen molar-refractivity contribution in [3.05, 3.63) is 29.3 Å². The van der Waals surface area contributed by atoms with Crippen molar-refractivity contribution in [2.75, 3.05) is 33.4 Å². The summed E-state index contributed by atoms with van der Waals surface area (Å²) in [5.74, 6) is 0.886. The molecule has 1 heterocycles. The van der Waals surface area contributed by atoms with Crippen molar-refractivity contribution in [1.82, 2.24) is 4.90 Å². The van der Waals surface area contributed by atoms with Crippen LogP contribution in [0.4, 0.5) is 0 Å². The maximum absolute atomic E-state index is 9.20. The van der Waals surface area contributed by atoms with Crippen molar-refractivity contribution in [2.24, 2.45) is 0 Å². The topological polar surface area (TPSA) is 41.9 Å². The monoisotopic (exact) mass is 251 g/mol. The molecular formula is C14H21NO3. The van der Waals surface area contributed by atoms with Crippen LogP contribution in [0.15, 0.2) is 18.2 Å². The Morgan fingerprint density at radius 3 is 3.00 bits per heavy atom. The molecule has 0 bridgehead atoms. The van der Waals surface area contributed by atoms with Crippen LogP contribution in [-0.2, 0) is 17.9 Å². The second kappa shape index (κ2) is 6.73. The number of ether oxygens (including phenoxy) is 2. The van der Waals surface area contributed by atoms with Crippen LogP contribution in [0.3, 0.4) is 0 Å². The second-order valence-electron chi connectivity index (χ2n) is 4.55. The van der Waals surface area contributed by atoms with E-state index < -0.39 is 0 Å². The number of hydrogen-bond acceptors (Lipinski definition) is 4. The molecule has 4 heteroatoms. The van der Waals surface area contributed by atoms with Gasteiger partial charge in [-0.25, -0.2) is 0 Å². The van der Waals surface area contributed by atoms with E-state index in [1.54, 1.807) is 7.11 Å². The maximum Gasteiger partial charge on any atom is 0.123 e. The molecule has 1 aromatic rings. The number of benzene rings is 1. The summed E-state index contributed by atoms with van der Waals surface area (Å²) in [6.45, 7) is 4.56. The summed E-state index contributed by atoms with van der Waals surface area (Å²) < 4.78 is 10.8. The van der Waals surface area contributed by atoms with E-state index in [-0.39, 0.29) is 6.61 Å². The fraction of sp³-hybridized carbons (Fsp3) is 0.571. The molecule has 100 valence electrons. The third kappa shape index (κ3) is 3.45. The highest BCUT2D eigenvalue weighted by molar-refractivity contribution is 5.37. The van der Waals surface area contributed by atoms with Crippen molar-refractivity contribution in [2.45, 2.75) is 19.6 Å². The Kier molecular flexibility index (Phi) is 4.99. The largest absolute Gasteiger partial charge is 0.496 e. The molecule has 1 aliphatic heterocycles. The van der Waals surface area contributed by atoms with Gasteiger partial charge < -0.3 is 14.6 Å². The van der Waals surface area contributed by atoms with Crippen LogP contribution >= 0.6 is 0 Å². The predicted molar refractivity (Wildman–Crippen MR) is 69.6 cm³/mol. The zero-order chi connectivity index (χ0) is 12.8. The van der Waals surface area contributed by atoms with E-state index in [1.807, 2.05) is 18.2 Å². The van der Waals surface area contributed by atoms with Crippen molar-refractivity contribution in [3.63, 3.8) is 0 Å². The maximum atomic E-state index is 9.20. The van der Waals surface area contributed by atoms with E-state index in [1.165, 1.54) is 0 Å². The van der Waals surface area contributed by atoms with Crippen molar-refractivity contribution >= 4 is 0 Å². The first-order chi connectivity index (χ1) is 8.83. The zero-order valence-corrected chi connectivity index (χ0v) is 10.9. The highest BCUT2D eigenvalue weighted by atomic mass is 16.5. The summed E-state index contributed by atoms with van der Waals surface area (Å²) in [4.78, 5) is 2.37. The van der Waals surface area contributed by atoms with Crippen LogP contribution in [0.1, 0.15) is 17.5 Å². The van der Waals surface area contributed by atoms with E-state index in [0.29, 0.717) is 0 Å². The summed E-state index contributed by atoms with van der Waals surface area (Å²) in [5, 5.41) is 9.20. The zero-order valence-electron chi connectivity index (χ0n) is 10.9. The van der Waals surface area contributed by atoms with Gasteiger partial charge in [0.05, 0.1) is 20.3 Å². The minimum absolute atomic E-state index is 0.0695. The molecule has 1 aliphatic rings. The first-order valence-electron chi connectivity index (χ1n) is 6.40. The lowest BCUT2D eigenvalue weighted by molar-refractivity contribution is 0.140. The van der Waals surface area contributed by atoms with E-state index in [4.69, 9.17) is 9.47 Å². The lowest BCUT2D eigenvalue weighted by Gasteiger charge is -2.20. The summed E-state index contributed by atoms with van der Waals surface area (Å²) in [6.07, 6.45) is 1.07. The first-order valence-corrected chi connectivity index (χ1v) is 6.40. The van der Waals surface area contributed by atoms with E-state index in [2.05, 4.69) is 4.90 Å². The van der Waals surface area contributed by atoms with Gasteiger partial charge in [0.15, 0.2) is 0 Å². The summed E-state index contributed by atoms with van der Waals surface area (Å²) >= 11 is 0. The molecule has 0 saturated carbocycles. The molecule has 1 aromatic carbocycles. The molecule has 0 aliphatic carbocycles. The molecule has 0 atom stereocenters. The average Bonchev–Trinajstić information content (AvgIpc) is 2.67. The van der Waals surface area contributed by atoms with Gasteiger partial charge in [-0.05, 0) is 24.1 Å². The third-order valence-electron chi connectivity index (χ3n) is 3.24. The lowest BCUT2D eigenvalue weighted by Crippen LogP contribution is -2.26. The molecule has 2 rings (SSSR count). The van der Waals surface area contributed by atoms with Crippen LogP contribution in [0.25, 0.3) is 0 Å². The molecule has 0 amide bonds. The molecule has 0 radical (unpaired) electrons. The number of aliphatic hydroxyl groups is 1. The number of nitrogens with zero attached hydrogens (tertiary/aromatic N) is 1. The van der Waals surface area contributed by atoms with Crippen molar-refractivity contribution in [1.29, 1.82) is 0 Å².